The molecule has 0 unspecified atom stereocenters. The number of benzene rings is 1. The van der Waals surface area contributed by atoms with Gasteiger partial charge in [0, 0.05) is 17.9 Å². The van der Waals surface area contributed by atoms with Crippen LogP contribution in [-0.4, -0.2) is 13.0 Å². The van der Waals surface area contributed by atoms with Crippen LogP contribution in [0.25, 0.3) is 0 Å². The van der Waals surface area contributed by atoms with Crippen LogP contribution in [0.3, 0.4) is 0 Å². The molecule has 0 amide bonds. The van der Waals surface area contributed by atoms with Crippen molar-refractivity contribution in [3.63, 3.8) is 0 Å². The summed E-state index contributed by atoms with van der Waals surface area (Å²) in [5.74, 6) is 1.24. The fourth-order valence-electron chi connectivity index (χ4n) is 0.877. The van der Waals surface area contributed by atoms with Crippen LogP contribution in [0.15, 0.2) is 29.2 Å². The first-order valence-corrected chi connectivity index (χ1v) is 5.16. The zero-order chi connectivity index (χ0) is 8.81. The van der Waals surface area contributed by atoms with E-state index in [9.17, 15) is 0 Å². The molecule has 0 saturated carbocycles. The van der Waals surface area contributed by atoms with Crippen LogP contribution in [0, 0.1) is 0 Å². The van der Waals surface area contributed by atoms with Gasteiger partial charge in [0.1, 0.15) is 0 Å². The van der Waals surface area contributed by atoms with Crippen molar-refractivity contribution in [2.45, 2.75) is 10.8 Å². The molecule has 0 N–H and O–H groups in total. The second-order valence-electron chi connectivity index (χ2n) is 2.29. The van der Waals surface area contributed by atoms with Gasteiger partial charge in [-0.1, -0.05) is 30.0 Å². The van der Waals surface area contributed by atoms with E-state index in [1.165, 1.54) is 10.5 Å². The number of thioether (sulfide) groups is 1. The number of hydrogen-bond acceptors (Lipinski definition) is 2. The van der Waals surface area contributed by atoms with E-state index in [2.05, 4.69) is 6.07 Å². The molecule has 1 aromatic carbocycles. The molecule has 0 fully saturated rings. The maximum absolute atomic E-state index is 5.76. The number of alkyl halides is 1. The van der Waals surface area contributed by atoms with E-state index in [0.717, 1.165) is 0 Å². The highest BCUT2D eigenvalue weighted by atomic mass is 35.5. The Kier molecular flexibility index (Phi) is 4.51. The summed E-state index contributed by atoms with van der Waals surface area (Å²) in [7, 11) is 1.69. The van der Waals surface area contributed by atoms with Gasteiger partial charge < -0.3 is 4.74 Å². The van der Waals surface area contributed by atoms with Crippen molar-refractivity contribution in [2.75, 3.05) is 13.0 Å². The molecule has 0 bridgehead atoms. The van der Waals surface area contributed by atoms with Gasteiger partial charge >= 0.3 is 0 Å². The minimum Gasteiger partial charge on any atom is -0.374 e. The smallest absolute Gasteiger partial charge is 0.0963 e. The van der Waals surface area contributed by atoms with Gasteiger partial charge in [0.15, 0.2) is 0 Å². The first-order chi connectivity index (χ1) is 5.88. The van der Waals surface area contributed by atoms with Gasteiger partial charge in [-0.2, -0.15) is 0 Å². The Morgan fingerprint density at radius 1 is 1.42 bits per heavy atom. The standard InChI is InChI=1S/C9H11ClOS/c1-11-7-12-9-5-3-2-4-8(9)6-10/h2-5H,6-7H2,1H3. The van der Waals surface area contributed by atoms with Crippen molar-refractivity contribution in [3.05, 3.63) is 29.8 Å². The lowest BCUT2D eigenvalue weighted by molar-refractivity contribution is 0.259. The largest absolute Gasteiger partial charge is 0.374 e. The summed E-state index contributed by atoms with van der Waals surface area (Å²) in [6.07, 6.45) is 0. The lowest BCUT2D eigenvalue weighted by Gasteiger charge is -2.04. The number of hydrogen-bond donors (Lipinski definition) is 0. The highest BCUT2D eigenvalue weighted by Gasteiger charge is 1.99. The minimum atomic E-state index is 0.562. The normalized spacial score (nSPS) is 10.2. The van der Waals surface area contributed by atoms with Crippen molar-refractivity contribution < 1.29 is 4.74 Å². The number of rotatable bonds is 4. The molecular weight excluding hydrogens is 192 g/mol. The molecule has 66 valence electrons. The number of ether oxygens (including phenoxy) is 1. The second kappa shape index (κ2) is 5.46. The third-order valence-corrected chi connectivity index (χ3v) is 2.80. The zero-order valence-corrected chi connectivity index (χ0v) is 8.49. The monoisotopic (exact) mass is 202 g/mol. The van der Waals surface area contributed by atoms with Crippen LogP contribution in [0.1, 0.15) is 5.56 Å². The van der Waals surface area contributed by atoms with Gasteiger partial charge in [0.05, 0.1) is 5.94 Å². The van der Waals surface area contributed by atoms with E-state index in [4.69, 9.17) is 16.3 Å². The Morgan fingerprint density at radius 3 is 2.83 bits per heavy atom. The molecular formula is C9H11ClOS. The lowest BCUT2D eigenvalue weighted by atomic mass is 10.2. The van der Waals surface area contributed by atoms with Crippen LogP contribution in [-0.2, 0) is 10.6 Å². The molecule has 0 aromatic heterocycles. The van der Waals surface area contributed by atoms with Crippen molar-refractivity contribution >= 4 is 23.4 Å². The zero-order valence-electron chi connectivity index (χ0n) is 6.92. The van der Waals surface area contributed by atoms with Gasteiger partial charge in [0.25, 0.3) is 0 Å². The predicted octanol–water partition coefficient (Wildman–Crippen LogP) is 3.12. The third kappa shape index (κ3) is 2.70. The van der Waals surface area contributed by atoms with E-state index in [-0.39, 0.29) is 0 Å². The third-order valence-electron chi connectivity index (χ3n) is 1.45. The van der Waals surface area contributed by atoms with Gasteiger partial charge in [0.2, 0.25) is 0 Å². The van der Waals surface area contributed by atoms with Gasteiger partial charge in [-0.05, 0) is 11.6 Å². The second-order valence-corrected chi connectivity index (χ2v) is 3.52. The van der Waals surface area contributed by atoms with Gasteiger partial charge in [-0.15, -0.1) is 11.6 Å². The van der Waals surface area contributed by atoms with E-state index < -0.39 is 0 Å². The summed E-state index contributed by atoms with van der Waals surface area (Å²) in [6, 6.07) is 8.09. The summed E-state index contributed by atoms with van der Waals surface area (Å²) >= 11 is 7.42. The molecule has 0 aliphatic rings. The van der Waals surface area contributed by atoms with Crippen LogP contribution in [0.5, 0.6) is 0 Å². The molecule has 1 rings (SSSR count). The Balaban J connectivity index is 2.68. The van der Waals surface area contributed by atoms with Crippen molar-refractivity contribution in [3.8, 4) is 0 Å². The van der Waals surface area contributed by atoms with E-state index in [1.807, 2.05) is 18.2 Å². The maximum Gasteiger partial charge on any atom is 0.0963 e. The highest BCUT2D eigenvalue weighted by Crippen LogP contribution is 2.23. The summed E-state index contributed by atoms with van der Waals surface area (Å²) in [5, 5.41) is 0. The first-order valence-electron chi connectivity index (χ1n) is 3.64. The van der Waals surface area contributed by atoms with Crippen molar-refractivity contribution in [2.24, 2.45) is 0 Å². The molecule has 0 aliphatic heterocycles. The summed E-state index contributed by atoms with van der Waals surface area (Å²) in [4.78, 5) is 1.20. The van der Waals surface area contributed by atoms with Gasteiger partial charge in [-0.25, -0.2) is 0 Å². The first kappa shape index (κ1) is 9.90. The van der Waals surface area contributed by atoms with Crippen LogP contribution < -0.4 is 0 Å². The van der Waals surface area contributed by atoms with Crippen molar-refractivity contribution in [1.29, 1.82) is 0 Å². The molecule has 0 heterocycles. The predicted molar refractivity (Wildman–Crippen MR) is 53.7 cm³/mol. The average Bonchev–Trinajstić information content (AvgIpc) is 2.15. The molecule has 0 radical (unpaired) electrons. The molecule has 0 saturated heterocycles. The molecule has 1 aromatic rings. The number of methoxy groups -OCH3 is 1. The average molecular weight is 203 g/mol. The molecule has 0 spiro atoms. The Hall–Kier alpha value is -0.180. The maximum atomic E-state index is 5.76. The SMILES string of the molecule is COCSc1ccccc1CCl. The van der Waals surface area contributed by atoms with Crippen LogP contribution in [0.4, 0.5) is 0 Å². The lowest BCUT2D eigenvalue weighted by Crippen LogP contribution is -1.86. The number of halogens is 1. The van der Waals surface area contributed by atoms with E-state index >= 15 is 0 Å². The van der Waals surface area contributed by atoms with E-state index in [0.29, 0.717) is 11.8 Å². The molecule has 3 heteroatoms. The fourth-order valence-corrected chi connectivity index (χ4v) is 1.93. The highest BCUT2D eigenvalue weighted by molar-refractivity contribution is 7.99. The fraction of sp³-hybridized carbons (Fsp3) is 0.333. The summed E-state index contributed by atoms with van der Waals surface area (Å²) < 4.78 is 4.97. The Bertz CT molecular complexity index is 240. The van der Waals surface area contributed by atoms with E-state index in [1.54, 1.807) is 18.9 Å². The van der Waals surface area contributed by atoms with Crippen LogP contribution >= 0.6 is 23.4 Å². The van der Waals surface area contributed by atoms with Crippen LogP contribution in [0.2, 0.25) is 0 Å². The summed E-state index contributed by atoms with van der Waals surface area (Å²) in [6.45, 7) is 0. The molecule has 1 nitrogen and oxygen atoms in total. The molecule has 12 heavy (non-hydrogen) atoms. The molecule has 0 aliphatic carbocycles. The Morgan fingerprint density at radius 2 is 2.17 bits per heavy atom. The topological polar surface area (TPSA) is 9.23 Å². The quantitative estimate of drug-likeness (QED) is 0.422. The van der Waals surface area contributed by atoms with Crippen molar-refractivity contribution in [1.82, 2.24) is 0 Å². The summed E-state index contributed by atoms with van der Waals surface area (Å²) in [5.41, 5.74) is 1.17. The minimum absolute atomic E-state index is 0.562. The molecule has 0 atom stereocenters. The Labute approximate surface area is 82.1 Å². The van der Waals surface area contributed by atoms with Gasteiger partial charge in [-0.3, -0.25) is 0 Å².